The lowest BCUT2D eigenvalue weighted by Gasteiger charge is -2.00. The quantitative estimate of drug-likeness (QED) is 0.429. The van der Waals surface area contributed by atoms with Crippen molar-refractivity contribution in [3.63, 3.8) is 0 Å². The molecule has 0 amide bonds. The molecule has 6 nitrogen and oxygen atoms in total. The van der Waals surface area contributed by atoms with Crippen LogP contribution in [0, 0.1) is 0 Å². The van der Waals surface area contributed by atoms with E-state index >= 15 is 0 Å². The first-order valence-electron chi connectivity index (χ1n) is 6.26. The molecule has 0 atom stereocenters. The summed E-state index contributed by atoms with van der Waals surface area (Å²) in [7, 11) is 1.83. The number of thiophene rings is 1. The number of halogens is 1. The number of carbonyl (C=O) groups is 1. The number of aryl methyl sites for hydroxylation is 1. The zero-order valence-corrected chi connectivity index (χ0v) is 14.2. The van der Waals surface area contributed by atoms with Crippen LogP contribution in [0.3, 0.4) is 0 Å². The van der Waals surface area contributed by atoms with Gasteiger partial charge < -0.3 is 5.73 Å². The lowest BCUT2D eigenvalue weighted by atomic mass is 10.3. The van der Waals surface area contributed by atoms with Crippen LogP contribution in [0.15, 0.2) is 29.7 Å². The molecule has 116 valence electrons. The molecule has 0 saturated heterocycles. The first-order chi connectivity index (χ1) is 10.2. The van der Waals surface area contributed by atoms with E-state index in [9.17, 15) is 4.79 Å². The smallest absolute Gasteiger partial charge is 0.183 e. The first-order valence-corrected chi connectivity index (χ1v) is 8.06. The number of hydrogen-bond donors (Lipinski definition) is 1. The van der Waals surface area contributed by atoms with Crippen molar-refractivity contribution in [1.29, 1.82) is 0 Å². The fourth-order valence-corrected chi connectivity index (χ4v) is 3.66. The molecule has 0 saturated carbocycles. The third-order valence-electron chi connectivity index (χ3n) is 2.97. The Morgan fingerprint density at radius 1 is 1.41 bits per heavy atom. The van der Waals surface area contributed by atoms with Gasteiger partial charge in [-0.1, -0.05) is 11.8 Å². The lowest BCUT2D eigenvalue weighted by Crippen LogP contribution is -2.00. The third kappa shape index (κ3) is 3.30. The zero-order valence-electron chi connectivity index (χ0n) is 11.7. The molecule has 3 aromatic heterocycles. The maximum Gasteiger partial charge on any atom is 0.183 e. The highest BCUT2D eigenvalue weighted by Gasteiger charge is 2.13. The van der Waals surface area contributed by atoms with Crippen LogP contribution in [0.4, 0.5) is 0 Å². The summed E-state index contributed by atoms with van der Waals surface area (Å²) in [5, 5.41) is 5.80. The Kier molecular flexibility index (Phi) is 5.52. The molecule has 0 spiro atoms. The predicted molar refractivity (Wildman–Crippen MR) is 90.8 cm³/mol. The minimum absolute atomic E-state index is 0. The van der Waals surface area contributed by atoms with Crippen LogP contribution in [-0.4, -0.2) is 31.3 Å². The molecular weight excluding hydrogens is 342 g/mol. The van der Waals surface area contributed by atoms with Gasteiger partial charge in [-0.25, -0.2) is 9.97 Å². The van der Waals surface area contributed by atoms with Crippen LogP contribution in [0.2, 0.25) is 0 Å². The van der Waals surface area contributed by atoms with E-state index in [1.807, 2.05) is 19.2 Å². The van der Waals surface area contributed by atoms with Crippen molar-refractivity contribution in [2.75, 3.05) is 5.75 Å². The van der Waals surface area contributed by atoms with Crippen molar-refractivity contribution < 1.29 is 4.79 Å². The van der Waals surface area contributed by atoms with Crippen LogP contribution >= 0.6 is 35.5 Å². The highest BCUT2D eigenvalue weighted by atomic mass is 35.5. The van der Waals surface area contributed by atoms with E-state index in [2.05, 4.69) is 15.1 Å². The van der Waals surface area contributed by atoms with Crippen molar-refractivity contribution >= 4 is 52.3 Å². The summed E-state index contributed by atoms with van der Waals surface area (Å²) in [5.41, 5.74) is 6.33. The van der Waals surface area contributed by atoms with Crippen LogP contribution < -0.4 is 5.73 Å². The highest BCUT2D eigenvalue weighted by Crippen LogP contribution is 2.25. The fourth-order valence-electron chi connectivity index (χ4n) is 1.90. The van der Waals surface area contributed by atoms with Gasteiger partial charge in [0.2, 0.25) is 0 Å². The van der Waals surface area contributed by atoms with Crippen molar-refractivity contribution in [2.45, 2.75) is 11.6 Å². The molecule has 22 heavy (non-hydrogen) atoms. The van der Waals surface area contributed by atoms with Gasteiger partial charge in [-0.3, -0.25) is 9.48 Å². The molecule has 0 aliphatic rings. The van der Waals surface area contributed by atoms with Gasteiger partial charge in [0.05, 0.1) is 22.2 Å². The lowest BCUT2D eigenvalue weighted by molar-refractivity contribution is 0.102. The molecule has 3 aromatic rings. The number of thioether (sulfide) groups is 1. The van der Waals surface area contributed by atoms with Crippen molar-refractivity contribution in [1.82, 2.24) is 19.7 Å². The number of hydrogen-bond acceptors (Lipinski definition) is 7. The van der Waals surface area contributed by atoms with E-state index in [-0.39, 0.29) is 18.2 Å². The second-order valence-corrected chi connectivity index (χ2v) is 6.50. The second-order valence-electron chi connectivity index (χ2n) is 4.37. The average molecular weight is 356 g/mol. The number of nitrogens with two attached hydrogens (primary N) is 1. The van der Waals surface area contributed by atoms with E-state index in [1.54, 1.807) is 10.9 Å². The molecule has 0 bridgehead atoms. The normalized spacial score (nSPS) is 10.6. The largest absolute Gasteiger partial charge is 0.326 e. The van der Waals surface area contributed by atoms with Gasteiger partial charge in [-0.15, -0.1) is 23.7 Å². The molecule has 0 unspecified atom stereocenters. The highest BCUT2D eigenvalue weighted by molar-refractivity contribution is 8.00. The van der Waals surface area contributed by atoms with Gasteiger partial charge >= 0.3 is 0 Å². The second kappa shape index (κ2) is 7.19. The number of Topliss-reactive ketones (excluding diaryl/α,β-unsaturated/α-hetero) is 1. The Balaban J connectivity index is 0.00000176. The van der Waals surface area contributed by atoms with Crippen molar-refractivity contribution in [2.24, 2.45) is 12.8 Å². The van der Waals surface area contributed by atoms with Gasteiger partial charge in [0, 0.05) is 18.5 Å². The summed E-state index contributed by atoms with van der Waals surface area (Å²) in [6.45, 7) is 0.466. The molecule has 0 radical (unpaired) electrons. The maximum absolute atomic E-state index is 12.2. The van der Waals surface area contributed by atoms with Gasteiger partial charge in [-0.2, -0.15) is 5.10 Å². The summed E-state index contributed by atoms with van der Waals surface area (Å²) in [4.78, 5) is 22.3. The SMILES string of the molecule is Cl.Cn1ncc2c(SCC(=O)c3ccc(CN)s3)ncnc21. The molecule has 3 heterocycles. The molecule has 0 fully saturated rings. The number of rotatable bonds is 5. The minimum atomic E-state index is 0. The number of nitrogens with zero attached hydrogens (tertiary/aromatic N) is 4. The van der Waals surface area contributed by atoms with Crippen LogP contribution in [0.1, 0.15) is 14.5 Å². The Labute approximate surface area is 141 Å². The molecule has 0 aliphatic heterocycles. The van der Waals surface area contributed by atoms with Gasteiger partial charge in [0.25, 0.3) is 0 Å². The van der Waals surface area contributed by atoms with Gasteiger partial charge in [0.15, 0.2) is 11.4 Å². The third-order valence-corrected chi connectivity index (χ3v) is 5.12. The summed E-state index contributed by atoms with van der Waals surface area (Å²) in [6.07, 6.45) is 3.22. The van der Waals surface area contributed by atoms with Crippen LogP contribution in [0.25, 0.3) is 11.0 Å². The number of ketones is 1. The summed E-state index contributed by atoms with van der Waals surface area (Å²) >= 11 is 2.85. The van der Waals surface area contributed by atoms with E-state index in [1.165, 1.54) is 29.4 Å². The van der Waals surface area contributed by atoms with Crippen LogP contribution in [0.5, 0.6) is 0 Å². The molecule has 9 heteroatoms. The molecule has 3 rings (SSSR count). The summed E-state index contributed by atoms with van der Waals surface area (Å²) < 4.78 is 1.69. The number of fused-ring (bicyclic) bond motifs is 1. The molecule has 2 N–H and O–H groups in total. The minimum Gasteiger partial charge on any atom is -0.326 e. The van der Waals surface area contributed by atoms with E-state index in [0.717, 1.165) is 25.8 Å². The van der Waals surface area contributed by atoms with E-state index in [0.29, 0.717) is 12.3 Å². The predicted octanol–water partition coefficient (Wildman–Crippen LogP) is 2.28. The maximum atomic E-state index is 12.2. The Morgan fingerprint density at radius 3 is 2.95 bits per heavy atom. The monoisotopic (exact) mass is 355 g/mol. The zero-order chi connectivity index (χ0) is 14.8. The summed E-state index contributed by atoms with van der Waals surface area (Å²) in [6, 6.07) is 3.72. The molecule has 0 aromatic carbocycles. The molecular formula is C13H14ClN5OS2. The number of carbonyl (C=O) groups excluding carboxylic acids is 1. The Bertz CT molecular complexity index is 801. The van der Waals surface area contributed by atoms with Gasteiger partial charge in [0.1, 0.15) is 11.4 Å². The Hall–Kier alpha value is -1.48. The average Bonchev–Trinajstić information content (AvgIpc) is 3.12. The number of aromatic nitrogens is 4. The van der Waals surface area contributed by atoms with Crippen molar-refractivity contribution in [3.8, 4) is 0 Å². The Morgan fingerprint density at radius 2 is 2.23 bits per heavy atom. The standard InChI is InChI=1S/C13H13N5OS2.ClH/c1-18-12-9(5-17-18)13(16-7-15-12)20-6-10(19)11-3-2-8(4-14)21-11;/h2-3,5,7H,4,6,14H2,1H3;1H. The first kappa shape index (κ1) is 16.9. The fraction of sp³-hybridized carbons (Fsp3) is 0.231. The molecule has 0 aliphatic carbocycles. The van der Waals surface area contributed by atoms with Crippen molar-refractivity contribution in [3.05, 3.63) is 34.4 Å². The van der Waals surface area contributed by atoms with E-state index in [4.69, 9.17) is 5.73 Å². The van der Waals surface area contributed by atoms with Gasteiger partial charge in [-0.05, 0) is 12.1 Å². The van der Waals surface area contributed by atoms with Crippen LogP contribution in [-0.2, 0) is 13.6 Å². The summed E-state index contributed by atoms with van der Waals surface area (Å²) in [5.74, 6) is 0.422. The van der Waals surface area contributed by atoms with E-state index < -0.39 is 0 Å². The topological polar surface area (TPSA) is 86.7 Å².